The number of hydrogen-bond acceptors (Lipinski definition) is 6. The molecule has 0 bridgehead atoms. The van der Waals surface area contributed by atoms with Gasteiger partial charge < -0.3 is 24.3 Å². The summed E-state index contributed by atoms with van der Waals surface area (Å²) < 4.78 is 6.92. The quantitative estimate of drug-likeness (QED) is 0.269. The Morgan fingerprint density at radius 2 is 1.86 bits per heavy atom. The third-order valence-corrected chi connectivity index (χ3v) is 6.14. The van der Waals surface area contributed by atoms with Crippen LogP contribution < -0.4 is 0 Å². The Balaban J connectivity index is 1.68. The van der Waals surface area contributed by atoms with E-state index in [9.17, 15) is 9.90 Å². The fourth-order valence-corrected chi connectivity index (χ4v) is 4.39. The molecule has 2 heterocycles. The van der Waals surface area contributed by atoms with E-state index in [2.05, 4.69) is 14.5 Å². The molecule has 3 aromatic carbocycles. The van der Waals surface area contributed by atoms with E-state index in [1.807, 2.05) is 69.7 Å². The summed E-state index contributed by atoms with van der Waals surface area (Å²) >= 11 is 0. The van der Waals surface area contributed by atoms with Gasteiger partial charge in [0.2, 0.25) is 0 Å². The normalized spacial score (nSPS) is 12.1. The van der Waals surface area contributed by atoms with Crippen molar-refractivity contribution < 1.29 is 14.6 Å². The number of nitrogens with one attached hydrogen (secondary N) is 1. The first-order valence-electron chi connectivity index (χ1n) is 11.5. The number of hydrogen-bond donors (Lipinski definition) is 2. The van der Waals surface area contributed by atoms with Crippen LogP contribution in [0.5, 0.6) is 5.88 Å². The number of aryl methyl sites for hydroxylation is 1. The van der Waals surface area contributed by atoms with E-state index >= 15 is 0 Å². The van der Waals surface area contributed by atoms with E-state index in [0.717, 1.165) is 40.0 Å². The molecule has 0 amide bonds. The molecule has 36 heavy (non-hydrogen) atoms. The topological polar surface area (TPSA) is 95.7 Å². The first-order valence-corrected chi connectivity index (χ1v) is 11.5. The van der Waals surface area contributed by atoms with Gasteiger partial charge in [0.25, 0.3) is 0 Å². The minimum absolute atomic E-state index is 0.0261. The van der Waals surface area contributed by atoms with Crippen LogP contribution in [0.1, 0.15) is 27.3 Å². The van der Waals surface area contributed by atoms with Gasteiger partial charge in [-0.3, -0.25) is 0 Å². The third-order valence-electron chi connectivity index (χ3n) is 6.14. The Kier molecular flexibility index (Phi) is 6.03. The zero-order chi connectivity index (χ0) is 25.4. The van der Waals surface area contributed by atoms with Gasteiger partial charge in [0.05, 0.1) is 47.2 Å². The molecule has 182 valence electrons. The van der Waals surface area contributed by atoms with Crippen LogP contribution in [0, 0.1) is 0 Å². The Bertz CT molecular complexity index is 1610. The molecule has 2 aromatic heterocycles. The summed E-state index contributed by atoms with van der Waals surface area (Å²) in [6.45, 7) is 0.732. The number of ether oxygens (including phenoxy) is 1. The number of H-pyrrole nitrogens is 1. The molecule has 8 nitrogen and oxygen atoms in total. The van der Waals surface area contributed by atoms with Crippen LogP contribution in [0.2, 0.25) is 0 Å². The molecular formula is C28H27N5O3. The molecule has 0 fully saturated rings. The Labute approximate surface area is 208 Å². The highest BCUT2D eigenvalue weighted by Gasteiger charge is 2.20. The molecular weight excluding hydrogens is 454 g/mol. The molecule has 8 heteroatoms. The number of carbonyl (C=O) groups excluding carboxylic acids is 1. The largest absolute Gasteiger partial charge is 0.494 e. The highest BCUT2D eigenvalue weighted by Crippen LogP contribution is 2.33. The number of nitrogens with zero attached hydrogens (tertiary/aromatic N) is 4. The van der Waals surface area contributed by atoms with Crippen molar-refractivity contribution in [1.82, 2.24) is 19.4 Å². The monoisotopic (exact) mass is 481 g/mol. The predicted molar refractivity (Wildman–Crippen MR) is 141 cm³/mol. The maximum atomic E-state index is 12.0. The van der Waals surface area contributed by atoms with Crippen LogP contribution in [0.15, 0.2) is 71.7 Å². The number of rotatable bonds is 6. The lowest BCUT2D eigenvalue weighted by Crippen LogP contribution is -2.14. The van der Waals surface area contributed by atoms with Crippen LogP contribution in [0.25, 0.3) is 21.9 Å². The standard InChI is InChI=1S/C28H27N5O3/c1-32(2)16-24-30-22-15-19(11-13-23(22)33(24)3)29-26(17-8-6-5-7-9-17)25-20-12-10-18(28(35)36-4)14-21(20)31-27(25)34/h5-15,31,34H,16H2,1-4H3. The van der Waals surface area contributed by atoms with Crippen molar-refractivity contribution in [2.75, 3.05) is 21.2 Å². The van der Waals surface area contributed by atoms with Gasteiger partial charge in [-0.1, -0.05) is 36.4 Å². The number of benzene rings is 3. The van der Waals surface area contributed by atoms with Gasteiger partial charge in [0, 0.05) is 23.5 Å². The molecule has 0 aliphatic rings. The summed E-state index contributed by atoms with van der Waals surface area (Å²) in [6.07, 6.45) is 0. The fourth-order valence-electron chi connectivity index (χ4n) is 4.39. The van der Waals surface area contributed by atoms with Gasteiger partial charge in [0.1, 0.15) is 5.82 Å². The fraction of sp³-hybridized carbons (Fsp3) is 0.179. The zero-order valence-corrected chi connectivity index (χ0v) is 20.6. The maximum Gasteiger partial charge on any atom is 0.337 e. The van der Waals surface area contributed by atoms with Crippen molar-refractivity contribution in [1.29, 1.82) is 0 Å². The first kappa shape index (κ1) is 23.3. The lowest BCUT2D eigenvalue weighted by Gasteiger charge is -2.09. The molecule has 0 aliphatic heterocycles. The van der Waals surface area contributed by atoms with E-state index in [1.54, 1.807) is 18.2 Å². The summed E-state index contributed by atoms with van der Waals surface area (Å²) in [5.74, 6) is 0.499. The van der Waals surface area contributed by atoms with Gasteiger partial charge in [0.15, 0.2) is 5.88 Å². The smallest absolute Gasteiger partial charge is 0.337 e. The second-order valence-corrected chi connectivity index (χ2v) is 8.92. The molecule has 0 aliphatic carbocycles. The van der Waals surface area contributed by atoms with Gasteiger partial charge >= 0.3 is 5.97 Å². The highest BCUT2D eigenvalue weighted by atomic mass is 16.5. The second kappa shape index (κ2) is 9.31. The maximum absolute atomic E-state index is 12.0. The molecule has 2 N–H and O–H groups in total. The van der Waals surface area contributed by atoms with E-state index in [4.69, 9.17) is 14.7 Å². The minimum Gasteiger partial charge on any atom is -0.494 e. The molecule has 0 spiro atoms. The average Bonchev–Trinajstić information content (AvgIpc) is 3.36. The number of methoxy groups -OCH3 is 1. The Hall–Kier alpha value is -4.43. The molecule has 0 radical (unpaired) electrons. The lowest BCUT2D eigenvalue weighted by molar-refractivity contribution is 0.0601. The molecule has 0 atom stereocenters. The van der Waals surface area contributed by atoms with Crippen LogP contribution in [-0.4, -0.2) is 57.4 Å². The van der Waals surface area contributed by atoms with Crippen molar-refractivity contribution in [2.45, 2.75) is 6.54 Å². The summed E-state index contributed by atoms with van der Waals surface area (Å²) in [7, 11) is 7.39. The molecule has 5 aromatic rings. The van der Waals surface area contributed by atoms with Gasteiger partial charge in [-0.25, -0.2) is 14.8 Å². The summed E-state index contributed by atoms with van der Waals surface area (Å²) in [5, 5.41) is 11.7. The average molecular weight is 482 g/mol. The Morgan fingerprint density at radius 3 is 2.58 bits per heavy atom. The second-order valence-electron chi connectivity index (χ2n) is 8.92. The third kappa shape index (κ3) is 4.23. The van der Waals surface area contributed by atoms with Crippen molar-refractivity contribution in [3.05, 3.63) is 89.2 Å². The number of aromatic nitrogens is 3. The predicted octanol–water partition coefficient (Wildman–Crippen LogP) is 4.78. The number of aromatic amines is 1. The SMILES string of the molecule is COC(=O)c1ccc2c(C(=Nc3ccc4c(c3)nc(CN(C)C)n4C)c3ccccc3)c(O)[nH]c2c1. The zero-order valence-electron chi connectivity index (χ0n) is 20.6. The van der Waals surface area contributed by atoms with Gasteiger partial charge in [-0.05, 0) is 44.4 Å². The van der Waals surface area contributed by atoms with Crippen LogP contribution >= 0.6 is 0 Å². The summed E-state index contributed by atoms with van der Waals surface area (Å²) in [5.41, 5.74) is 5.62. The summed E-state index contributed by atoms with van der Waals surface area (Å²) in [4.78, 5) is 26.9. The molecule has 0 saturated carbocycles. The van der Waals surface area contributed by atoms with Gasteiger partial charge in [-0.2, -0.15) is 0 Å². The van der Waals surface area contributed by atoms with E-state index in [1.165, 1.54) is 7.11 Å². The van der Waals surface area contributed by atoms with Crippen molar-refractivity contribution >= 4 is 39.3 Å². The first-order chi connectivity index (χ1) is 17.4. The summed E-state index contributed by atoms with van der Waals surface area (Å²) in [6, 6.07) is 20.8. The van der Waals surface area contributed by atoms with Crippen molar-refractivity contribution in [2.24, 2.45) is 12.0 Å². The van der Waals surface area contributed by atoms with Crippen LogP contribution in [-0.2, 0) is 18.3 Å². The number of imidazole rings is 1. The van der Waals surface area contributed by atoms with Crippen molar-refractivity contribution in [3.63, 3.8) is 0 Å². The molecule has 0 unspecified atom stereocenters. The van der Waals surface area contributed by atoms with E-state index in [0.29, 0.717) is 22.4 Å². The number of fused-ring (bicyclic) bond motifs is 2. The van der Waals surface area contributed by atoms with Crippen LogP contribution in [0.3, 0.4) is 0 Å². The van der Waals surface area contributed by atoms with Crippen LogP contribution in [0.4, 0.5) is 5.69 Å². The number of esters is 1. The number of aliphatic imine (C=N–C) groups is 1. The number of aromatic hydroxyl groups is 1. The van der Waals surface area contributed by atoms with Crippen molar-refractivity contribution in [3.8, 4) is 5.88 Å². The molecule has 0 saturated heterocycles. The van der Waals surface area contributed by atoms with E-state index < -0.39 is 5.97 Å². The molecule has 5 rings (SSSR count). The number of carbonyl (C=O) groups is 1. The van der Waals surface area contributed by atoms with Gasteiger partial charge in [-0.15, -0.1) is 0 Å². The van der Waals surface area contributed by atoms with E-state index in [-0.39, 0.29) is 5.88 Å². The lowest BCUT2D eigenvalue weighted by atomic mass is 10.00. The minimum atomic E-state index is -0.443. The Morgan fingerprint density at radius 1 is 1.08 bits per heavy atom. The highest BCUT2D eigenvalue weighted by molar-refractivity contribution is 6.22.